The summed E-state index contributed by atoms with van der Waals surface area (Å²) in [4.78, 5) is 21.8. The molecule has 0 saturated carbocycles. The van der Waals surface area contributed by atoms with E-state index in [2.05, 4.69) is 15.3 Å². The molecule has 0 unspecified atom stereocenters. The Morgan fingerprint density at radius 3 is 2.73 bits per heavy atom. The lowest BCUT2D eigenvalue weighted by Crippen LogP contribution is -2.14. The van der Waals surface area contributed by atoms with Crippen molar-refractivity contribution in [3.8, 4) is 10.7 Å². The standard InChI is InChI=1S/C19H11Cl2N3OS/c20-11-7-8-13(21)15(10-11)23-18(25)12-4-3-9-22-17(12)19-24-14-5-1-2-6-16(14)26-19/h1-10H,(H,23,25). The number of rotatable bonds is 3. The number of benzene rings is 2. The highest BCUT2D eigenvalue weighted by Crippen LogP contribution is 2.32. The second-order valence-electron chi connectivity index (χ2n) is 5.46. The molecule has 4 rings (SSSR count). The van der Waals surface area contributed by atoms with Crippen LogP contribution in [0.15, 0.2) is 60.8 Å². The predicted molar refractivity (Wildman–Crippen MR) is 107 cm³/mol. The van der Waals surface area contributed by atoms with Gasteiger partial charge in [-0.15, -0.1) is 11.3 Å². The van der Waals surface area contributed by atoms with Crippen LogP contribution in [0.3, 0.4) is 0 Å². The van der Waals surface area contributed by atoms with Crippen LogP contribution in [-0.4, -0.2) is 15.9 Å². The summed E-state index contributed by atoms with van der Waals surface area (Å²) in [5.74, 6) is -0.323. The summed E-state index contributed by atoms with van der Waals surface area (Å²) in [5.41, 5.74) is 2.28. The van der Waals surface area contributed by atoms with Crippen molar-refractivity contribution in [3.05, 3.63) is 76.4 Å². The number of thiazole rings is 1. The highest BCUT2D eigenvalue weighted by Gasteiger charge is 2.18. The summed E-state index contributed by atoms with van der Waals surface area (Å²) in [6.07, 6.45) is 1.64. The van der Waals surface area contributed by atoms with Gasteiger partial charge < -0.3 is 5.32 Å². The van der Waals surface area contributed by atoms with Gasteiger partial charge >= 0.3 is 0 Å². The van der Waals surface area contributed by atoms with Gasteiger partial charge in [0.25, 0.3) is 5.91 Å². The van der Waals surface area contributed by atoms with Gasteiger partial charge in [0.2, 0.25) is 0 Å². The molecule has 2 heterocycles. The molecule has 4 aromatic rings. The quantitative estimate of drug-likeness (QED) is 0.465. The number of halogens is 2. The van der Waals surface area contributed by atoms with Crippen molar-refractivity contribution in [2.24, 2.45) is 0 Å². The minimum atomic E-state index is -0.323. The predicted octanol–water partition coefficient (Wildman–Crippen LogP) is 5.92. The molecule has 1 amide bonds. The maximum atomic E-state index is 12.8. The lowest BCUT2D eigenvalue weighted by Gasteiger charge is -2.09. The minimum absolute atomic E-state index is 0.323. The SMILES string of the molecule is O=C(Nc1cc(Cl)ccc1Cl)c1cccnc1-c1nc2ccccc2s1. The van der Waals surface area contributed by atoms with E-state index in [0.29, 0.717) is 32.0 Å². The van der Waals surface area contributed by atoms with E-state index in [1.807, 2.05) is 24.3 Å². The molecule has 0 aliphatic rings. The van der Waals surface area contributed by atoms with Crippen molar-refractivity contribution in [2.75, 3.05) is 5.32 Å². The van der Waals surface area contributed by atoms with Crippen LogP contribution in [0.5, 0.6) is 0 Å². The first-order valence-electron chi connectivity index (χ1n) is 7.69. The Bertz CT molecular complexity index is 1090. The second-order valence-corrected chi connectivity index (χ2v) is 7.34. The van der Waals surface area contributed by atoms with Gasteiger partial charge in [-0.1, -0.05) is 35.3 Å². The Labute approximate surface area is 163 Å². The van der Waals surface area contributed by atoms with E-state index in [4.69, 9.17) is 23.2 Å². The first-order chi connectivity index (χ1) is 12.6. The average molecular weight is 400 g/mol. The molecule has 0 bridgehead atoms. The van der Waals surface area contributed by atoms with Gasteiger partial charge in [0, 0.05) is 11.2 Å². The number of para-hydroxylation sites is 1. The smallest absolute Gasteiger partial charge is 0.258 e. The number of amides is 1. The Morgan fingerprint density at radius 2 is 1.88 bits per heavy atom. The first kappa shape index (κ1) is 17.0. The van der Waals surface area contributed by atoms with Crippen LogP contribution >= 0.6 is 34.5 Å². The number of pyridine rings is 1. The number of nitrogens with one attached hydrogen (secondary N) is 1. The van der Waals surface area contributed by atoms with Crippen LogP contribution < -0.4 is 5.32 Å². The van der Waals surface area contributed by atoms with Gasteiger partial charge in [-0.3, -0.25) is 9.78 Å². The summed E-state index contributed by atoms with van der Waals surface area (Å²) in [5, 5.41) is 4.38. The Kier molecular flexibility index (Phi) is 4.59. The topological polar surface area (TPSA) is 54.9 Å². The molecule has 0 aliphatic heterocycles. The van der Waals surface area contributed by atoms with E-state index in [1.54, 1.807) is 36.5 Å². The van der Waals surface area contributed by atoms with Crippen LogP contribution in [0.2, 0.25) is 10.0 Å². The lowest BCUT2D eigenvalue weighted by atomic mass is 10.1. The molecule has 128 valence electrons. The fourth-order valence-corrected chi connectivity index (χ4v) is 3.83. The van der Waals surface area contributed by atoms with Crippen LogP contribution in [0.1, 0.15) is 10.4 Å². The van der Waals surface area contributed by atoms with Gasteiger partial charge in [0.05, 0.1) is 26.5 Å². The van der Waals surface area contributed by atoms with Crippen molar-refractivity contribution in [1.82, 2.24) is 9.97 Å². The van der Waals surface area contributed by atoms with E-state index in [-0.39, 0.29) is 5.91 Å². The van der Waals surface area contributed by atoms with Crippen molar-refractivity contribution >= 4 is 56.3 Å². The van der Waals surface area contributed by atoms with E-state index >= 15 is 0 Å². The summed E-state index contributed by atoms with van der Waals surface area (Å²) in [7, 11) is 0. The highest BCUT2D eigenvalue weighted by atomic mass is 35.5. The van der Waals surface area contributed by atoms with Crippen LogP contribution in [-0.2, 0) is 0 Å². The van der Waals surface area contributed by atoms with Gasteiger partial charge in [0.1, 0.15) is 10.7 Å². The lowest BCUT2D eigenvalue weighted by molar-refractivity contribution is 0.102. The zero-order valence-corrected chi connectivity index (χ0v) is 15.6. The molecule has 0 saturated heterocycles. The van der Waals surface area contributed by atoms with Crippen LogP contribution in [0.25, 0.3) is 20.9 Å². The van der Waals surface area contributed by atoms with Crippen molar-refractivity contribution in [2.45, 2.75) is 0 Å². The fraction of sp³-hybridized carbons (Fsp3) is 0. The summed E-state index contributed by atoms with van der Waals surface area (Å²) in [6, 6.07) is 16.1. The molecule has 0 fully saturated rings. The Morgan fingerprint density at radius 1 is 1.04 bits per heavy atom. The monoisotopic (exact) mass is 399 g/mol. The maximum absolute atomic E-state index is 12.8. The summed E-state index contributed by atoms with van der Waals surface area (Å²) >= 11 is 13.6. The van der Waals surface area contributed by atoms with E-state index in [1.165, 1.54) is 11.3 Å². The van der Waals surface area contributed by atoms with Gasteiger partial charge in [0.15, 0.2) is 0 Å². The molecule has 0 spiro atoms. The zero-order valence-electron chi connectivity index (χ0n) is 13.2. The van der Waals surface area contributed by atoms with Gasteiger partial charge in [-0.05, 0) is 42.5 Å². The molecule has 4 nitrogen and oxygen atoms in total. The number of carbonyl (C=O) groups excluding carboxylic acids is 1. The first-order valence-corrected chi connectivity index (χ1v) is 9.26. The molecule has 0 atom stereocenters. The number of anilines is 1. The summed E-state index contributed by atoms with van der Waals surface area (Å²) < 4.78 is 1.04. The molecular formula is C19H11Cl2N3OS. The van der Waals surface area contributed by atoms with E-state index < -0.39 is 0 Å². The number of hydrogen-bond acceptors (Lipinski definition) is 4. The van der Waals surface area contributed by atoms with Crippen molar-refractivity contribution in [3.63, 3.8) is 0 Å². The highest BCUT2D eigenvalue weighted by molar-refractivity contribution is 7.21. The van der Waals surface area contributed by atoms with E-state index in [0.717, 1.165) is 10.2 Å². The van der Waals surface area contributed by atoms with Crippen LogP contribution in [0.4, 0.5) is 5.69 Å². The molecule has 1 N–H and O–H groups in total. The molecule has 26 heavy (non-hydrogen) atoms. The van der Waals surface area contributed by atoms with Crippen molar-refractivity contribution < 1.29 is 4.79 Å². The second kappa shape index (κ2) is 7.03. The number of carbonyl (C=O) groups is 1. The third kappa shape index (κ3) is 3.29. The third-order valence-electron chi connectivity index (χ3n) is 3.73. The number of nitrogens with zero attached hydrogens (tertiary/aromatic N) is 2. The average Bonchev–Trinajstić information content (AvgIpc) is 3.09. The Hall–Kier alpha value is -2.47. The third-order valence-corrected chi connectivity index (χ3v) is 5.33. The molecule has 0 radical (unpaired) electrons. The molecule has 7 heteroatoms. The zero-order chi connectivity index (χ0) is 18.1. The Balaban J connectivity index is 1.73. The van der Waals surface area contributed by atoms with Crippen LogP contribution in [0, 0.1) is 0 Å². The fourth-order valence-electron chi connectivity index (χ4n) is 2.52. The van der Waals surface area contributed by atoms with Gasteiger partial charge in [-0.2, -0.15) is 0 Å². The molecule has 2 aromatic heterocycles. The molecular weight excluding hydrogens is 389 g/mol. The van der Waals surface area contributed by atoms with Crippen molar-refractivity contribution in [1.29, 1.82) is 0 Å². The number of fused-ring (bicyclic) bond motifs is 1. The minimum Gasteiger partial charge on any atom is -0.321 e. The normalized spacial score (nSPS) is 10.8. The maximum Gasteiger partial charge on any atom is 0.258 e. The number of aromatic nitrogens is 2. The largest absolute Gasteiger partial charge is 0.321 e. The number of hydrogen-bond donors (Lipinski definition) is 1. The van der Waals surface area contributed by atoms with Gasteiger partial charge in [-0.25, -0.2) is 4.98 Å². The van der Waals surface area contributed by atoms with E-state index in [9.17, 15) is 4.79 Å². The molecule has 2 aromatic carbocycles. The summed E-state index contributed by atoms with van der Waals surface area (Å²) in [6.45, 7) is 0. The molecule has 0 aliphatic carbocycles.